The fourth-order valence-corrected chi connectivity index (χ4v) is 2.92. The van der Waals surface area contributed by atoms with Gasteiger partial charge in [-0.05, 0) is 44.1 Å². The van der Waals surface area contributed by atoms with Crippen LogP contribution in [0.2, 0.25) is 0 Å². The van der Waals surface area contributed by atoms with Gasteiger partial charge in [-0.2, -0.15) is 0 Å². The molecule has 0 spiro atoms. The van der Waals surface area contributed by atoms with E-state index in [1.54, 1.807) is 0 Å². The second-order valence-electron chi connectivity index (χ2n) is 5.19. The molecule has 3 heteroatoms. The summed E-state index contributed by atoms with van der Waals surface area (Å²) in [7, 11) is 0. The van der Waals surface area contributed by atoms with Crippen molar-refractivity contribution in [3.05, 3.63) is 0 Å². The average Bonchev–Trinajstić information content (AvgIpc) is 2.38. The lowest BCUT2D eigenvalue weighted by Crippen LogP contribution is -2.32. The molecule has 1 aliphatic heterocycles. The predicted molar refractivity (Wildman–Crippen MR) is 64.3 cm³/mol. The molecule has 1 aliphatic carbocycles. The Kier molecular flexibility index (Phi) is 5.07. The molecule has 2 N–H and O–H groups in total. The van der Waals surface area contributed by atoms with Crippen molar-refractivity contribution < 1.29 is 9.47 Å². The van der Waals surface area contributed by atoms with E-state index >= 15 is 0 Å². The first-order chi connectivity index (χ1) is 7.90. The van der Waals surface area contributed by atoms with Crippen LogP contribution in [-0.2, 0) is 9.47 Å². The lowest BCUT2D eigenvalue weighted by Gasteiger charge is -2.32. The normalized spacial score (nSPS) is 32.8. The van der Waals surface area contributed by atoms with Gasteiger partial charge in [0.1, 0.15) is 0 Å². The number of nitrogens with two attached hydrogens (primary N) is 1. The Morgan fingerprint density at radius 3 is 2.38 bits per heavy atom. The Morgan fingerprint density at radius 1 is 1.00 bits per heavy atom. The van der Waals surface area contributed by atoms with Crippen molar-refractivity contribution in [1.82, 2.24) is 0 Å². The first-order valence-electron chi connectivity index (χ1n) is 6.79. The molecule has 1 heterocycles. The molecule has 0 bridgehead atoms. The summed E-state index contributed by atoms with van der Waals surface area (Å²) in [6.07, 6.45) is 7.91. The quantitative estimate of drug-likeness (QED) is 0.798. The monoisotopic (exact) mass is 227 g/mol. The smallest absolute Gasteiger partial charge is 0.0619 e. The van der Waals surface area contributed by atoms with E-state index in [4.69, 9.17) is 15.2 Å². The van der Waals surface area contributed by atoms with Crippen molar-refractivity contribution in [2.24, 2.45) is 17.6 Å². The molecule has 16 heavy (non-hydrogen) atoms. The van der Waals surface area contributed by atoms with E-state index in [0.717, 1.165) is 39.2 Å². The molecule has 0 radical (unpaired) electrons. The molecule has 2 unspecified atom stereocenters. The number of rotatable bonds is 4. The fraction of sp³-hybridized carbons (Fsp3) is 1.00. The lowest BCUT2D eigenvalue weighted by molar-refractivity contribution is -0.0523. The van der Waals surface area contributed by atoms with Gasteiger partial charge in [0, 0.05) is 13.2 Å². The minimum Gasteiger partial charge on any atom is -0.381 e. The number of ether oxygens (including phenoxy) is 2. The summed E-state index contributed by atoms with van der Waals surface area (Å²) < 4.78 is 11.4. The van der Waals surface area contributed by atoms with Gasteiger partial charge in [-0.25, -0.2) is 0 Å². The summed E-state index contributed by atoms with van der Waals surface area (Å²) >= 11 is 0. The molecule has 2 rings (SSSR count). The van der Waals surface area contributed by atoms with Crippen molar-refractivity contribution in [3.8, 4) is 0 Å². The highest BCUT2D eigenvalue weighted by Gasteiger charge is 2.25. The molecule has 0 aromatic carbocycles. The molecular formula is C13H25NO2. The fourth-order valence-electron chi connectivity index (χ4n) is 2.92. The van der Waals surface area contributed by atoms with Gasteiger partial charge in [-0.15, -0.1) is 0 Å². The zero-order valence-electron chi connectivity index (χ0n) is 10.2. The second-order valence-corrected chi connectivity index (χ2v) is 5.19. The van der Waals surface area contributed by atoms with Crippen LogP contribution in [0, 0.1) is 11.8 Å². The first kappa shape index (κ1) is 12.3. The molecular weight excluding hydrogens is 202 g/mol. The van der Waals surface area contributed by atoms with Crippen LogP contribution in [0.4, 0.5) is 0 Å². The van der Waals surface area contributed by atoms with Crippen LogP contribution in [0.5, 0.6) is 0 Å². The molecule has 2 fully saturated rings. The maximum atomic E-state index is 6.02. The van der Waals surface area contributed by atoms with Crippen LogP contribution in [0.1, 0.15) is 38.5 Å². The summed E-state index contributed by atoms with van der Waals surface area (Å²) in [5, 5.41) is 0. The highest BCUT2D eigenvalue weighted by atomic mass is 16.5. The predicted octanol–water partition coefficient (Wildman–Crippen LogP) is 1.95. The van der Waals surface area contributed by atoms with E-state index in [1.807, 2.05) is 0 Å². The minimum absolute atomic E-state index is 0.439. The third-order valence-electron chi connectivity index (χ3n) is 4.08. The van der Waals surface area contributed by atoms with E-state index in [-0.39, 0.29) is 0 Å². The molecule has 2 aliphatic rings. The Hall–Kier alpha value is -0.120. The SMILES string of the molecule is NCC1CCCCC1COC1CCOCC1. The second kappa shape index (κ2) is 6.58. The highest BCUT2D eigenvalue weighted by Crippen LogP contribution is 2.30. The van der Waals surface area contributed by atoms with Gasteiger partial charge in [0.05, 0.1) is 12.7 Å². The topological polar surface area (TPSA) is 44.5 Å². The van der Waals surface area contributed by atoms with Crippen molar-refractivity contribution in [3.63, 3.8) is 0 Å². The Balaban J connectivity index is 1.70. The highest BCUT2D eigenvalue weighted by molar-refractivity contribution is 4.76. The summed E-state index contributed by atoms with van der Waals surface area (Å²) in [4.78, 5) is 0. The van der Waals surface area contributed by atoms with Gasteiger partial charge in [0.2, 0.25) is 0 Å². The average molecular weight is 227 g/mol. The van der Waals surface area contributed by atoms with E-state index in [9.17, 15) is 0 Å². The van der Waals surface area contributed by atoms with E-state index < -0.39 is 0 Å². The summed E-state index contributed by atoms with van der Waals surface area (Å²) in [6.45, 7) is 3.50. The van der Waals surface area contributed by atoms with Gasteiger partial charge >= 0.3 is 0 Å². The lowest BCUT2D eigenvalue weighted by atomic mass is 9.80. The summed E-state index contributed by atoms with van der Waals surface area (Å²) in [5.74, 6) is 1.41. The third kappa shape index (κ3) is 3.44. The maximum Gasteiger partial charge on any atom is 0.0619 e. The van der Waals surface area contributed by atoms with E-state index in [0.29, 0.717) is 17.9 Å². The Morgan fingerprint density at radius 2 is 1.69 bits per heavy atom. The van der Waals surface area contributed by atoms with Crippen molar-refractivity contribution >= 4 is 0 Å². The standard InChI is InChI=1S/C13H25NO2/c14-9-11-3-1-2-4-12(11)10-16-13-5-7-15-8-6-13/h11-13H,1-10,14H2. The molecule has 94 valence electrons. The van der Waals surface area contributed by atoms with Crippen LogP contribution in [0.3, 0.4) is 0 Å². The molecule has 3 nitrogen and oxygen atoms in total. The van der Waals surface area contributed by atoms with Gasteiger partial charge in [0.25, 0.3) is 0 Å². The van der Waals surface area contributed by atoms with Gasteiger partial charge in [0.15, 0.2) is 0 Å². The number of hydrogen-bond donors (Lipinski definition) is 1. The van der Waals surface area contributed by atoms with Crippen molar-refractivity contribution in [1.29, 1.82) is 0 Å². The van der Waals surface area contributed by atoms with Crippen LogP contribution in [0.25, 0.3) is 0 Å². The first-order valence-corrected chi connectivity index (χ1v) is 6.79. The largest absolute Gasteiger partial charge is 0.381 e. The molecule has 1 saturated carbocycles. The maximum absolute atomic E-state index is 6.02. The molecule has 0 amide bonds. The Labute approximate surface area is 98.7 Å². The van der Waals surface area contributed by atoms with Crippen LogP contribution in [0.15, 0.2) is 0 Å². The van der Waals surface area contributed by atoms with E-state index in [2.05, 4.69) is 0 Å². The molecule has 0 aromatic heterocycles. The van der Waals surface area contributed by atoms with Crippen LogP contribution < -0.4 is 5.73 Å². The van der Waals surface area contributed by atoms with Crippen molar-refractivity contribution in [2.45, 2.75) is 44.6 Å². The molecule has 1 saturated heterocycles. The van der Waals surface area contributed by atoms with Gasteiger partial charge < -0.3 is 15.2 Å². The zero-order chi connectivity index (χ0) is 11.2. The Bertz CT molecular complexity index is 192. The molecule has 2 atom stereocenters. The van der Waals surface area contributed by atoms with Crippen LogP contribution >= 0.6 is 0 Å². The zero-order valence-corrected chi connectivity index (χ0v) is 10.2. The van der Waals surface area contributed by atoms with Gasteiger partial charge in [-0.3, -0.25) is 0 Å². The van der Waals surface area contributed by atoms with Gasteiger partial charge in [-0.1, -0.05) is 12.8 Å². The number of hydrogen-bond acceptors (Lipinski definition) is 3. The van der Waals surface area contributed by atoms with E-state index in [1.165, 1.54) is 25.7 Å². The summed E-state index contributed by atoms with van der Waals surface area (Å²) in [5.41, 5.74) is 5.83. The van der Waals surface area contributed by atoms with Crippen LogP contribution in [-0.4, -0.2) is 32.5 Å². The third-order valence-corrected chi connectivity index (χ3v) is 4.08. The molecule has 0 aromatic rings. The summed E-state index contributed by atoms with van der Waals surface area (Å²) in [6, 6.07) is 0. The minimum atomic E-state index is 0.439. The van der Waals surface area contributed by atoms with Crippen molar-refractivity contribution in [2.75, 3.05) is 26.4 Å².